The zero-order valence-electron chi connectivity index (χ0n) is 12.2. The van der Waals surface area contributed by atoms with Crippen LogP contribution >= 0.6 is 0 Å². The van der Waals surface area contributed by atoms with Gasteiger partial charge in [-0.2, -0.15) is 0 Å². The third-order valence-electron chi connectivity index (χ3n) is 3.45. The Bertz CT molecular complexity index is 405. The molecule has 0 saturated carbocycles. The topological polar surface area (TPSA) is 30.5 Å². The first-order valence-electron chi connectivity index (χ1n) is 7.47. The fourth-order valence-corrected chi connectivity index (χ4v) is 2.33. The van der Waals surface area contributed by atoms with Crippen molar-refractivity contribution in [3.8, 4) is 0 Å². The van der Waals surface area contributed by atoms with Crippen LogP contribution < -0.4 is 5.32 Å². The van der Waals surface area contributed by atoms with E-state index < -0.39 is 0 Å². The van der Waals surface area contributed by atoms with Crippen LogP contribution in [0.5, 0.6) is 0 Å². The molecule has 1 saturated heterocycles. The van der Waals surface area contributed by atoms with E-state index in [9.17, 15) is 4.39 Å². The van der Waals surface area contributed by atoms with Crippen molar-refractivity contribution in [1.29, 1.82) is 0 Å². The number of benzene rings is 1. The van der Waals surface area contributed by atoms with Crippen molar-refractivity contribution in [2.45, 2.75) is 45.4 Å². The smallest absolute Gasteiger partial charge is 0.128 e. The summed E-state index contributed by atoms with van der Waals surface area (Å²) in [6.45, 7) is 5.56. The van der Waals surface area contributed by atoms with Crippen LogP contribution in [0.15, 0.2) is 18.2 Å². The average molecular weight is 281 g/mol. The van der Waals surface area contributed by atoms with Crippen LogP contribution in [-0.2, 0) is 22.6 Å². The minimum absolute atomic E-state index is 0.187. The van der Waals surface area contributed by atoms with Crippen molar-refractivity contribution >= 4 is 0 Å². The van der Waals surface area contributed by atoms with E-state index in [0.29, 0.717) is 18.8 Å². The van der Waals surface area contributed by atoms with Crippen LogP contribution in [-0.4, -0.2) is 25.9 Å². The first-order chi connectivity index (χ1) is 9.79. The Hall–Kier alpha value is -0.970. The van der Waals surface area contributed by atoms with E-state index in [1.807, 2.05) is 12.1 Å². The highest BCUT2D eigenvalue weighted by Crippen LogP contribution is 2.15. The van der Waals surface area contributed by atoms with Crippen molar-refractivity contribution < 1.29 is 13.9 Å². The van der Waals surface area contributed by atoms with Crippen molar-refractivity contribution in [3.63, 3.8) is 0 Å². The Morgan fingerprint density at radius 3 is 3.10 bits per heavy atom. The average Bonchev–Trinajstić information content (AvgIpc) is 2.95. The van der Waals surface area contributed by atoms with Crippen LogP contribution in [0.1, 0.15) is 37.3 Å². The monoisotopic (exact) mass is 281 g/mol. The van der Waals surface area contributed by atoms with E-state index in [0.717, 1.165) is 44.5 Å². The summed E-state index contributed by atoms with van der Waals surface area (Å²) in [4.78, 5) is 0. The third-order valence-corrected chi connectivity index (χ3v) is 3.45. The van der Waals surface area contributed by atoms with Crippen LogP contribution in [0.4, 0.5) is 4.39 Å². The molecule has 1 aromatic carbocycles. The number of rotatable bonds is 8. The second kappa shape index (κ2) is 8.35. The molecule has 0 aromatic heterocycles. The number of hydrogen-bond donors (Lipinski definition) is 1. The van der Waals surface area contributed by atoms with Gasteiger partial charge in [-0.1, -0.05) is 13.0 Å². The molecule has 1 heterocycles. The van der Waals surface area contributed by atoms with Crippen LogP contribution in [0.3, 0.4) is 0 Å². The van der Waals surface area contributed by atoms with Gasteiger partial charge < -0.3 is 14.8 Å². The number of nitrogens with one attached hydrogen (secondary N) is 1. The molecule has 0 bridgehead atoms. The van der Waals surface area contributed by atoms with E-state index in [1.54, 1.807) is 0 Å². The molecule has 1 unspecified atom stereocenters. The van der Waals surface area contributed by atoms with E-state index in [1.165, 1.54) is 6.07 Å². The molecule has 0 radical (unpaired) electrons. The molecule has 1 aliphatic rings. The standard InChI is InChI=1S/C16H24FNO2/c1-2-7-18-10-13-5-6-16(17)14(9-13)11-19-12-15-4-3-8-20-15/h5-6,9,15,18H,2-4,7-8,10-12H2,1H3. The Morgan fingerprint density at radius 2 is 2.35 bits per heavy atom. The Kier molecular flexibility index (Phi) is 6.43. The minimum atomic E-state index is -0.198. The molecule has 0 aliphatic carbocycles. The number of ether oxygens (including phenoxy) is 2. The van der Waals surface area contributed by atoms with Gasteiger partial charge in [0.15, 0.2) is 0 Å². The summed E-state index contributed by atoms with van der Waals surface area (Å²) >= 11 is 0. The van der Waals surface area contributed by atoms with Crippen molar-refractivity contribution in [1.82, 2.24) is 5.32 Å². The quantitative estimate of drug-likeness (QED) is 0.743. The molecule has 1 N–H and O–H groups in total. The highest BCUT2D eigenvalue weighted by Gasteiger charge is 2.15. The van der Waals surface area contributed by atoms with Crippen LogP contribution in [0.2, 0.25) is 0 Å². The van der Waals surface area contributed by atoms with Gasteiger partial charge in [-0.25, -0.2) is 4.39 Å². The van der Waals surface area contributed by atoms with Crippen molar-refractivity contribution in [3.05, 3.63) is 35.1 Å². The maximum Gasteiger partial charge on any atom is 0.128 e. The maximum absolute atomic E-state index is 13.7. The second-order valence-electron chi connectivity index (χ2n) is 5.25. The van der Waals surface area contributed by atoms with Gasteiger partial charge in [0.05, 0.1) is 19.3 Å². The highest BCUT2D eigenvalue weighted by atomic mass is 19.1. The Morgan fingerprint density at radius 1 is 1.45 bits per heavy atom. The molecule has 3 nitrogen and oxygen atoms in total. The molecule has 112 valence electrons. The minimum Gasteiger partial charge on any atom is -0.376 e. The summed E-state index contributed by atoms with van der Waals surface area (Å²) in [6, 6.07) is 5.22. The van der Waals surface area contributed by atoms with Crippen LogP contribution in [0.25, 0.3) is 0 Å². The first kappa shape index (κ1) is 15.4. The van der Waals surface area contributed by atoms with Gasteiger partial charge in [0.1, 0.15) is 5.82 Å². The summed E-state index contributed by atoms with van der Waals surface area (Å²) in [7, 11) is 0. The molecule has 1 aliphatic heterocycles. The summed E-state index contributed by atoms with van der Waals surface area (Å²) in [5.74, 6) is -0.198. The molecule has 0 spiro atoms. The van der Waals surface area contributed by atoms with Crippen LogP contribution in [0, 0.1) is 5.82 Å². The Balaban J connectivity index is 1.80. The van der Waals surface area contributed by atoms with E-state index in [2.05, 4.69) is 12.2 Å². The predicted molar refractivity (Wildman–Crippen MR) is 77.0 cm³/mol. The van der Waals surface area contributed by atoms with Gasteiger partial charge in [0, 0.05) is 18.7 Å². The molecule has 20 heavy (non-hydrogen) atoms. The molecular weight excluding hydrogens is 257 g/mol. The zero-order chi connectivity index (χ0) is 14.2. The lowest BCUT2D eigenvalue weighted by Crippen LogP contribution is -2.15. The fourth-order valence-electron chi connectivity index (χ4n) is 2.33. The highest BCUT2D eigenvalue weighted by molar-refractivity contribution is 5.24. The van der Waals surface area contributed by atoms with E-state index in [-0.39, 0.29) is 11.9 Å². The molecular formula is C16H24FNO2. The zero-order valence-corrected chi connectivity index (χ0v) is 12.2. The maximum atomic E-state index is 13.7. The first-order valence-corrected chi connectivity index (χ1v) is 7.47. The molecule has 0 amide bonds. The summed E-state index contributed by atoms with van der Waals surface area (Å²) in [5, 5.41) is 3.32. The van der Waals surface area contributed by atoms with Gasteiger partial charge in [-0.15, -0.1) is 0 Å². The Labute approximate surface area is 120 Å². The second-order valence-corrected chi connectivity index (χ2v) is 5.25. The molecule has 4 heteroatoms. The lowest BCUT2D eigenvalue weighted by molar-refractivity contribution is 0.00981. The van der Waals surface area contributed by atoms with Gasteiger partial charge in [0.2, 0.25) is 0 Å². The van der Waals surface area contributed by atoms with Gasteiger partial charge >= 0.3 is 0 Å². The van der Waals surface area contributed by atoms with E-state index >= 15 is 0 Å². The predicted octanol–water partition coefficient (Wildman–Crippen LogP) is 3.02. The van der Waals surface area contributed by atoms with Gasteiger partial charge in [-0.3, -0.25) is 0 Å². The number of halogens is 1. The molecule has 1 atom stereocenters. The lowest BCUT2D eigenvalue weighted by atomic mass is 10.1. The molecule has 1 fully saturated rings. The third kappa shape index (κ3) is 4.85. The lowest BCUT2D eigenvalue weighted by Gasteiger charge is -2.11. The summed E-state index contributed by atoms with van der Waals surface area (Å²) in [5.41, 5.74) is 1.72. The summed E-state index contributed by atoms with van der Waals surface area (Å²) in [6.07, 6.45) is 3.43. The summed E-state index contributed by atoms with van der Waals surface area (Å²) < 4.78 is 24.8. The van der Waals surface area contributed by atoms with E-state index in [4.69, 9.17) is 9.47 Å². The fraction of sp³-hybridized carbons (Fsp3) is 0.625. The molecule has 2 rings (SSSR count). The largest absolute Gasteiger partial charge is 0.376 e. The molecule has 1 aromatic rings. The van der Waals surface area contributed by atoms with Crippen molar-refractivity contribution in [2.24, 2.45) is 0 Å². The van der Waals surface area contributed by atoms with Gasteiger partial charge in [-0.05, 0) is 43.5 Å². The number of hydrogen-bond acceptors (Lipinski definition) is 3. The van der Waals surface area contributed by atoms with Gasteiger partial charge in [0.25, 0.3) is 0 Å². The SMILES string of the molecule is CCCNCc1ccc(F)c(COCC2CCCO2)c1. The van der Waals surface area contributed by atoms with Crippen molar-refractivity contribution in [2.75, 3.05) is 19.8 Å². The normalized spacial score (nSPS) is 18.6.